The van der Waals surface area contributed by atoms with Gasteiger partial charge in [-0.2, -0.15) is 0 Å². The number of ether oxygens (including phenoxy) is 1. The van der Waals surface area contributed by atoms with Gasteiger partial charge in [0.15, 0.2) is 5.11 Å². The number of hydrogen-bond acceptors (Lipinski definition) is 3. The van der Waals surface area contributed by atoms with E-state index < -0.39 is 0 Å². The molecule has 6 heteroatoms. The van der Waals surface area contributed by atoms with Crippen molar-refractivity contribution in [3.63, 3.8) is 0 Å². The predicted octanol–water partition coefficient (Wildman–Crippen LogP) is 1.98. The molecule has 0 amide bonds. The maximum Gasteiger partial charge on any atom is 0.172 e. The second-order valence-electron chi connectivity index (χ2n) is 3.19. The van der Waals surface area contributed by atoms with Crippen molar-refractivity contribution in [2.45, 2.75) is 6.92 Å². The van der Waals surface area contributed by atoms with Crippen LogP contribution in [0, 0.1) is 6.92 Å². The lowest BCUT2D eigenvalue weighted by atomic mass is 10.3. The molecule has 0 aliphatic carbocycles. The molecule has 2 N–H and O–H groups in total. The van der Waals surface area contributed by atoms with Gasteiger partial charge in [-0.1, -0.05) is 11.6 Å². The summed E-state index contributed by atoms with van der Waals surface area (Å²) in [5, 5.41) is 7.11. The highest BCUT2D eigenvalue weighted by Crippen LogP contribution is 2.16. The van der Waals surface area contributed by atoms with Crippen molar-refractivity contribution in [3.8, 4) is 0 Å². The van der Waals surface area contributed by atoms with Crippen molar-refractivity contribution >= 4 is 34.7 Å². The molecule has 0 atom stereocenters. The Morgan fingerprint density at radius 1 is 1.62 bits per heavy atom. The van der Waals surface area contributed by atoms with Crippen LogP contribution in [0.2, 0.25) is 5.02 Å². The van der Waals surface area contributed by atoms with Gasteiger partial charge in [0.1, 0.15) is 5.82 Å². The summed E-state index contributed by atoms with van der Waals surface area (Å²) in [6.07, 6.45) is 1.59. The van der Waals surface area contributed by atoms with Gasteiger partial charge in [0.05, 0.1) is 11.6 Å². The fraction of sp³-hybridized carbons (Fsp3) is 0.400. The van der Waals surface area contributed by atoms with E-state index in [9.17, 15) is 0 Å². The second-order valence-corrected chi connectivity index (χ2v) is 4.01. The molecule has 1 aromatic heterocycles. The summed E-state index contributed by atoms with van der Waals surface area (Å²) in [7, 11) is 1.64. The standard InChI is InChI=1S/C10H14ClN3OS/c1-7-5-9(13-6-8(7)11)14-10(16)12-3-4-15-2/h5-6H,3-4H2,1-2H3,(H2,12,13,14,16). The van der Waals surface area contributed by atoms with Crippen LogP contribution in [0.1, 0.15) is 5.56 Å². The first-order valence-corrected chi connectivity index (χ1v) is 5.58. The van der Waals surface area contributed by atoms with Gasteiger partial charge < -0.3 is 15.4 Å². The number of nitrogens with one attached hydrogen (secondary N) is 2. The maximum absolute atomic E-state index is 5.86. The SMILES string of the molecule is COCCNC(=S)Nc1cc(C)c(Cl)cn1. The Labute approximate surface area is 105 Å². The van der Waals surface area contributed by atoms with E-state index in [0.29, 0.717) is 29.1 Å². The third-order valence-electron chi connectivity index (χ3n) is 1.88. The lowest BCUT2D eigenvalue weighted by Gasteiger charge is -2.10. The van der Waals surface area contributed by atoms with E-state index in [1.165, 1.54) is 0 Å². The maximum atomic E-state index is 5.86. The largest absolute Gasteiger partial charge is 0.383 e. The third-order valence-corrected chi connectivity index (χ3v) is 2.52. The number of methoxy groups -OCH3 is 1. The molecule has 0 aliphatic rings. The summed E-state index contributed by atoms with van der Waals surface area (Å²) >= 11 is 10.9. The topological polar surface area (TPSA) is 46.2 Å². The zero-order chi connectivity index (χ0) is 12.0. The first-order chi connectivity index (χ1) is 7.63. The quantitative estimate of drug-likeness (QED) is 0.640. The van der Waals surface area contributed by atoms with Gasteiger partial charge in [-0.05, 0) is 30.8 Å². The van der Waals surface area contributed by atoms with Crippen molar-refractivity contribution in [1.29, 1.82) is 0 Å². The van der Waals surface area contributed by atoms with Crippen molar-refractivity contribution in [2.24, 2.45) is 0 Å². The summed E-state index contributed by atoms with van der Waals surface area (Å²) in [5.41, 5.74) is 0.957. The van der Waals surface area contributed by atoms with Gasteiger partial charge in [0, 0.05) is 19.9 Å². The molecule has 0 bridgehead atoms. The Kier molecular flexibility index (Phi) is 5.45. The van der Waals surface area contributed by atoms with Crippen LogP contribution in [0.25, 0.3) is 0 Å². The van der Waals surface area contributed by atoms with E-state index in [4.69, 9.17) is 28.6 Å². The fourth-order valence-electron chi connectivity index (χ4n) is 1.03. The van der Waals surface area contributed by atoms with Gasteiger partial charge in [0.25, 0.3) is 0 Å². The number of aromatic nitrogens is 1. The number of hydrogen-bond donors (Lipinski definition) is 2. The minimum absolute atomic E-state index is 0.520. The van der Waals surface area contributed by atoms with Crippen LogP contribution in [-0.4, -0.2) is 30.4 Å². The van der Waals surface area contributed by atoms with Crippen molar-refractivity contribution < 1.29 is 4.74 Å². The van der Waals surface area contributed by atoms with E-state index in [1.807, 2.05) is 13.0 Å². The summed E-state index contributed by atoms with van der Waals surface area (Å²) in [5.74, 6) is 0.678. The van der Waals surface area contributed by atoms with Gasteiger partial charge >= 0.3 is 0 Å². The first kappa shape index (κ1) is 13.2. The Hall–Kier alpha value is -0.910. The smallest absolute Gasteiger partial charge is 0.172 e. The van der Waals surface area contributed by atoms with Crippen LogP contribution in [-0.2, 0) is 4.74 Å². The molecule has 4 nitrogen and oxygen atoms in total. The Balaban J connectivity index is 2.46. The number of rotatable bonds is 4. The summed E-state index contributed by atoms with van der Waals surface area (Å²) in [6.45, 7) is 3.18. The highest BCUT2D eigenvalue weighted by atomic mass is 35.5. The van der Waals surface area contributed by atoms with E-state index in [0.717, 1.165) is 5.56 Å². The number of halogens is 1. The molecule has 0 radical (unpaired) electrons. The number of thiocarbonyl (C=S) groups is 1. The number of anilines is 1. The van der Waals surface area contributed by atoms with Crippen LogP contribution in [0.5, 0.6) is 0 Å². The normalized spacial score (nSPS) is 9.94. The molecule has 16 heavy (non-hydrogen) atoms. The molecule has 0 unspecified atom stereocenters. The van der Waals surface area contributed by atoms with Crippen LogP contribution >= 0.6 is 23.8 Å². The zero-order valence-electron chi connectivity index (χ0n) is 9.21. The molecular formula is C10H14ClN3OS. The van der Waals surface area contributed by atoms with E-state index >= 15 is 0 Å². The van der Waals surface area contributed by atoms with Gasteiger partial charge in [-0.25, -0.2) is 4.98 Å². The number of nitrogens with zero attached hydrogens (tertiary/aromatic N) is 1. The van der Waals surface area contributed by atoms with E-state index in [1.54, 1.807) is 13.3 Å². The number of aryl methyl sites for hydroxylation is 1. The minimum atomic E-state index is 0.520. The second kappa shape index (κ2) is 6.62. The summed E-state index contributed by atoms with van der Waals surface area (Å²) < 4.78 is 4.89. The van der Waals surface area contributed by atoms with Crippen LogP contribution < -0.4 is 10.6 Å². The number of pyridine rings is 1. The molecule has 0 aliphatic heterocycles. The third kappa shape index (κ3) is 4.30. The van der Waals surface area contributed by atoms with Gasteiger partial charge in [0.2, 0.25) is 0 Å². The summed E-state index contributed by atoms with van der Waals surface area (Å²) in [6, 6.07) is 1.84. The molecule has 1 heterocycles. The molecule has 0 saturated carbocycles. The highest BCUT2D eigenvalue weighted by molar-refractivity contribution is 7.80. The monoisotopic (exact) mass is 259 g/mol. The van der Waals surface area contributed by atoms with Gasteiger partial charge in [-0.15, -0.1) is 0 Å². The van der Waals surface area contributed by atoms with Crippen LogP contribution in [0.15, 0.2) is 12.3 Å². The molecule has 1 aromatic rings. The average molecular weight is 260 g/mol. The molecule has 0 spiro atoms. The van der Waals surface area contributed by atoms with Crippen molar-refractivity contribution in [2.75, 3.05) is 25.6 Å². The zero-order valence-corrected chi connectivity index (χ0v) is 10.8. The van der Waals surface area contributed by atoms with Gasteiger partial charge in [-0.3, -0.25) is 0 Å². The molecule has 88 valence electrons. The van der Waals surface area contributed by atoms with E-state index in [-0.39, 0.29) is 0 Å². The molecular weight excluding hydrogens is 246 g/mol. The first-order valence-electron chi connectivity index (χ1n) is 4.79. The van der Waals surface area contributed by atoms with Crippen LogP contribution in [0.3, 0.4) is 0 Å². The van der Waals surface area contributed by atoms with E-state index in [2.05, 4.69) is 15.6 Å². The Bertz CT molecular complexity index is 373. The molecule has 1 rings (SSSR count). The lowest BCUT2D eigenvalue weighted by molar-refractivity contribution is 0.204. The Morgan fingerprint density at radius 2 is 2.38 bits per heavy atom. The highest BCUT2D eigenvalue weighted by Gasteiger charge is 2.01. The minimum Gasteiger partial charge on any atom is -0.383 e. The summed E-state index contributed by atoms with van der Waals surface area (Å²) in [4.78, 5) is 4.11. The predicted molar refractivity (Wildman–Crippen MR) is 70.1 cm³/mol. The average Bonchev–Trinajstić information content (AvgIpc) is 2.24. The molecule has 0 fully saturated rings. The lowest BCUT2D eigenvalue weighted by Crippen LogP contribution is -2.31. The van der Waals surface area contributed by atoms with Crippen molar-refractivity contribution in [3.05, 3.63) is 22.8 Å². The van der Waals surface area contributed by atoms with Crippen LogP contribution in [0.4, 0.5) is 5.82 Å². The van der Waals surface area contributed by atoms with Crippen molar-refractivity contribution in [1.82, 2.24) is 10.3 Å². The molecule has 0 aromatic carbocycles. The molecule has 0 saturated heterocycles. The fourth-order valence-corrected chi connectivity index (χ4v) is 1.34. The Morgan fingerprint density at radius 3 is 3.00 bits per heavy atom.